The Balaban J connectivity index is 1.62. The zero-order valence-corrected chi connectivity index (χ0v) is 18.3. The topological polar surface area (TPSA) is 65.4 Å². The van der Waals surface area contributed by atoms with Gasteiger partial charge in [-0.2, -0.15) is 5.10 Å². The SMILES string of the molecule is COc1ccc(NC(=O)c2cc3c(C)nn(Cc4ccccc4Cl)c3s2)c(OC)c1. The molecule has 0 aliphatic rings. The van der Waals surface area contributed by atoms with Gasteiger partial charge in [0.25, 0.3) is 5.91 Å². The van der Waals surface area contributed by atoms with Crippen molar-refractivity contribution in [2.75, 3.05) is 19.5 Å². The number of ether oxygens (including phenoxy) is 2. The van der Waals surface area contributed by atoms with Crippen molar-refractivity contribution in [3.05, 3.63) is 69.7 Å². The molecule has 0 radical (unpaired) electrons. The van der Waals surface area contributed by atoms with Crippen LogP contribution in [0.15, 0.2) is 48.5 Å². The fourth-order valence-electron chi connectivity index (χ4n) is 3.21. The summed E-state index contributed by atoms with van der Waals surface area (Å²) in [6.07, 6.45) is 0. The lowest BCUT2D eigenvalue weighted by Gasteiger charge is -2.11. The summed E-state index contributed by atoms with van der Waals surface area (Å²) >= 11 is 7.70. The van der Waals surface area contributed by atoms with Crippen molar-refractivity contribution in [2.24, 2.45) is 0 Å². The van der Waals surface area contributed by atoms with E-state index < -0.39 is 0 Å². The number of fused-ring (bicyclic) bond motifs is 1. The minimum absolute atomic E-state index is 0.205. The van der Waals surface area contributed by atoms with E-state index in [1.54, 1.807) is 32.4 Å². The first kappa shape index (κ1) is 20.3. The first-order valence-electron chi connectivity index (χ1n) is 9.24. The van der Waals surface area contributed by atoms with E-state index in [1.165, 1.54) is 11.3 Å². The molecule has 4 aromatic rings. The Bertz CT molecular complexity index is 1230. The quantitative estimate of drug-likeness (QED) is 0.436. The molecule has 0 saturated heterocycles. The Morgan fingerprint density at radius 1 is 1.17 bits per heavy atom. The number of carbonyl (C=O) groups excluding carboxylic acids is 1. The molecule has 0 bridgehead atoms. The van der Waals surface area contributed by atoms with Crippen LogP contribution in [0.3, 0.4) is 0 Å². The molecular weight excluding hydrogens is 422 g/mol. The van der Waals surface area contributed by atoms with Gasteiger partial charge in [-0.05, 0) is 36.8 Å². The molecule has 2 aromatic heterocycles. The fourth-order valence-corrected chi connectivity index (χ4v) is 4.46. The summed E-state index contributed by atoms with van der Waals surface area (Å²) in [5.41, 5.74) is 2.43. The second-order valence-electron chi connectivity index (χ2n) is 6.68. The van der Waals surface area contributed by atoms with Crippen molar-refractivity contribution in [3.63, 3.8) is 0 Å². The van der Waals surface area contributed by atoms with E-state index in [1.807, 2.05) is 41.9 Å². The number of rotatable bonds is 6. The third-order valence-corrected chi connectivity index (χ3v) is 6.28. The number of hydrogen-bond donors (Lipinski definition) is 1. The van der Waals surface area contributed by atoms with Gasteiger partial charge in [0.2, 0.25) is 0 Å². The van der Waals surface area contributed by atoms with Gasteiger partial charge in [-0.1, -0.05) is 29.8 Å². The molecular formula is C22H20ClN3O3S. The van der Waals surface area contributed by atoms with Crippen molar-refractivity contribution in [3.8, 4) is 11.5 Å². The molecule has 0 saturated carbocycles. The summed E-state index contributed by atoms with van der Waals surface area (Å²) in [4.78, 5) is 14.4. The van der Waals surface area contributed by atoms with Crippen LogP contribution in [0.1, 0.15) is 20.9 Å². The van der Waals surface area contributed by atoms with Crippen LogP contribution in [0.4, 0.5) is 5.69 Å². The number of nitrogens with one attached hydrogen (secondary N) is 1. The Kier molecular flexibility index (Phi) is 5.65. The van der Waals surface area contributed by atoms with Gasteiger partial charge in [0.15, 0.2) is 0 Å². The van der Waals surface area contributed by atoms with E-state index in [0.717, 1.165) is 21.5 Å². The lowest BCUT2D eigenvalue weighted by Crippen LogP contribution is -2.11. The molecule has 2 aromatic carbocycles. The van der Waals surface area contributed by atoms with Crippen molar-refractivity contribution >= 4 is 44.7 Å². The summed E-state index contributed by atoms with van der Waals surface area (Å²) in [6, 6.07) is 14.8. The predicted octanol–water partition coefficient (Wildman–Crippen LogP) is 5.38. The number of hydrogen-bond acceptors (Lipinski definition) is 5. The van der Waals surface area contributed by atoms with E-state index >= 15 is 0 Å². The second-order valence-corrected chi connectivity index (χ2v) is 8.12. The predicted molar refractivity (Wildman–Crippen MR) is 120 cm³/mol. The van der Waals surface area contributed by atoms with E-state index in [0.29, 0.717) is 33.6 Å². The van der Waals surface area contributed by atoms with Crippen LogP contribution in [-0.2, 0) is 6.54 Å². The van der Waals surface area contributed by atoms with Gasteiger partial charge in [0.05, 0.1) is 37.0 Å². The second kappa shape index (κ2) is 8.38. The number of anilines is 1. The number of carbonyl (C=O) groups is 1. The number of benzene rings is 2. The zero-order valence-electron chi connectivity index (χ0n) is 16.7. The molecule has 0 aliphatic carbocycles. The number of aryl methyl sites for hydroxylation is 1. The average molecular weight is 442 g/mol. The normalized spacial score (nSPS) is 10.9. The van der Waals surface area contributed by atoms with Gasteiger partial charge < -0.3 is 14.8 Å². The summed E-state index contributed by atoms with van der Waals surface area (Å²) < 4.78 is 12.5. The molecule has 0 spiro atoms. The molecule has 1 N–H and O–H groups in total. The Hall–Kier alpha value is -3.03. The number of nitrogens with zero attached hydrogens (tertiary/aromatic N) is 2. The monoisotopic (exact) mass is 441 g/mol. The summed E-state index contributed by atoms with van der Waals surface area (Å²) in [5, 5.41) is 9.19. The maximum Gasteiger partial charge on any atom is 0.265 e. The maximum absolute atomic E-state index is 12.9. The highest BCUT2D eigenvalue weighted by atomic mass is 35.5. The van der Waals surface area contributed by atoms with E-state index in [4.69, 9.17) is 21.1 Å². The van der Waals surface area contributed by atoms with Crippen LogP contribution in [0.25, 0.3) is 10.2 Å². The molecule has 1 amide bonds. The summed E-state index contributed by atoms with van der Waals surface area (Å²) in [5.74, 6) is 0.982. The minimum atomic E-state index is -0.205. The highest BCUT2D eigenvalue weighted by Gasteiger charge is 2.18. The lowest BCUT2D eigenvalue weighted by molar-refractivity contribution is 0.103. The molecule has 6 nitrogen and oxygen atoms in total. The average Bonchev–Trinajstić information content (AvgIpc) is 3.31. The van der Waals surface area contributed by atoms with Gasteiger partial charge in [-0.3, -0.25) is 9.48 Å². The van der Waals surface area contributed by atoms with Crippen LogP contribution in [0, 0.1) is 6.92 Å². The van der Waals surface area contributed by atoms with Gasteiger partial charge >= 0.3 is 0 Å². The van der Waals surface area contributed by atoms with Crippen LogP contribution in [0.5, 0.6) is 11.5 Å². The van der Waals surface area contributed by atoms with Crippen LogP contribution in [0.2, 0.25) is 5.02 Å². The lowest BCUT2D eigenvalue weighted by atomic mass is 10.2. The van der Waals surface area contributed by atoms with Crippen molar-refractivity contribution in [1.29, 1.82) is 0 Å². The molecule has 0 unspecified atom stereocenters. The van der Waals surface area contributed by atoms with E-state index in [2.05, 4.69) is 10.4 Å². The van der Waals surface area contributed by atoms with Crippen LogP contribution < -0.4 is 14.8 Å². The molecule has 0 aliphatic heterocycles. The third-order valence-electron chi connectivity index (χ3n) is 4.77. The van der Waals surface area contributed by atoms with E-state index in [9.17, 15) is 4.79 Å². The molecule has 0 atom stereocenters. The number of methoxy groups -OCH3 is 2. The van der Waals surface area contributed by atoms with E-state index in [-0.39, 0.29) is 5.91 Å². The Morgan fingerprint density at radius 3 is 2.70 bits per heavy atom. The summed E-state index contributed by atoms with van der Waals surface area (Å²) in [6.45, 7) is 2.48. The Morgan fingerprint density at radius 2 is 1.97 bits per heavy atom. The smallest absolute Gasteiger partial charge is 0.265 e. The minimum Gasteiger partial charge on any atom is -0.497 e. The fraction of sp³-hybridized carbons (Fsp3) is 0.182. The molecule has 8 heteroatoms. The number of aromatic nitrogens is 2. The molecule has 2 heterocycles. The first-order valence-corrected chi connectivity index (χ1v) is 10.4. The first-order chi connectivity index (χ1) is 14.5. The number of amides is 1. The van der Waals surface area contributed by atoms with Crippen molar-refractivity contribution in [2.45, 2.75) is 13.5 Å². The third kappa shape index (κ3) is 3.86. The number of thiophene rings is 1. The van der Waals surface area contributed by atoms with Gasteiger partial charge in [-0.25, -0.2) is 0 Å². The molecule has 30 heavy (non-hydrogen) atoms. The highest BCUT2D eigenvalue weighted by Crippen LogP contribution is 2.32. The standard InChI is InChI=1S/C22H20ClN3O3S/c1-13-16-11-20(21(27)24-18-9-8-15(28-2)10-19(18)29-3)30-22(16)26(25-13)12-14-6-4-5-7-17(14)23/h4-11H,12H2,1-3H3,(H,24,27). The van der Waals surface area contributed by atoms with Crippen LogP contribution >= 0.6 is 22.9 Å². The molecule has 4 rings (SSSR count). The maximum atomic E-state index is 12.9. The zero-order chi connectivity index (χ0) is 21.3. The number of halogens is 1. The molecule has 154 valence electrons. The van der Waals surface area contributed by atoms with Crippen LogP contribution in [-0.4, -0.2) is 29.9 Å². The van der Waals surface area contributed by atoms with Gasteiger partial charge in [-0.15, -0.1) is 11.3 Å². The molecule has 0 fully saturated rings. The van der Waals surface area contributed by atoms with Crippen molar-refractivity contribution < 1.29 is 14.3 Å². The summed E-state index contributed by atoms with van der Waals surface area (Å²) in [7, 11) is 3.13. The highest BCUT2D eigenvalue weighted by molar-refractivity contribution is 7.20. The van der Waals surface area contributed by atoms with Gasteiger partial charge in [0.1, 0.15) is 16.3 Å². The Labute approximate surface area is 183 Å². The largest absolute Gasteiger partial charge is 0.497 e. The van der Waals surface area contributed by atoms with Gasteiger partial charge in [0, 0.05) is 16.5 Å². The van der Waals surface area contributed by atoms with Crippen molar-refractivity contribution in [1.82, 2.24) is 9.78 Å².